The van der Waals surface area contributed by atoms with Crippen LogP contribution >= 0.6 is 0 Å². The normalized spacial score (nSPS) is 11.7. The van der Waals surface area contributed by atoms with Gasteiger partial charge in [0, 0.05) is 0 Å². The lowest BCUT2D eigenvalue weighted by molar-refractivity contribution is 0.0693. The van der Waals surface area contributed by atoms with Crippen LogP contribution < -0.4 is 0 Å². The Balaban J connectivity index is 2.32. The summed E-state index contributed by atoms with van der Waals surface area (Å²) in [4.78, 5) is 10.7. The van der Waals surface area contributed by atoms with Crippen molar-refractivity contribution < 1.29 is 28.0 Å². The molecule has 0 aromatic heterocycles. The highest BCUT2D eigenvalue weighted by Crippen LogP contribution is 2.29. The van der Waals surface area contributed by atoms with Gasteiger partial charge in [0.05, 0.1) is 16.3 Å². The van der Waals surface area contributed by atoms with Crippen LogP contribution in [0.15, 0.2) is 51.5 Å². The number of benzene rings is 2. The number of carboxylic acids is 1. The van der Waals surface area contributed by atoms with Gasteiger partial charge in [0.1, 0.15) is 11.3 Å². The second-order valence-corrected chi connectivity index (χ2v) is 6.05. The minimum Gasteiger partial charge on any atom is -0.507 e. The maximum Gasteiger partial charge on any atom is 0.339 e. The number of hydrogen-bond acceptors (Lipinski definition) is 6. The predicted octanol–water partition coefficient (Wildman–Crippen LogP) is 3.06. The van der Waals surface area contributed by atoms with E-state index in [4.69, 9.17) is 9.66 Å². The summed E-state index contributed by atoms with van der Waals surface area (Å²) in [6.45, 7) is 1.53. The van der Waals surface area contributed by atoms with Crippen LogP contribution in [0.25, 0.3) is 0 Å². The van der Waals surface area contributed by atoms with Crippen LogP contribution in [0.4, 0.5) is 11.4 Å². The average molecular weight is 336 g/mol. The molecule has 0 unspecified atom stereocenters. The van der Waals surface area contributed by atoms with Gasteiger partial charge in [-0.3, -0.25) is 4.55 Å². The van der Waals surface area contributed by atoms with Gasteiger partial charge in [0.25, 0.3) is 10.1 Å². The number of nitrogens with zero attached hydrogens (tertiary/aromatic N) is 2. The first-order valence-electron chi connectivity index (χ1n) is 6.24. The number of aryl methyl sites for hydroxylation is 1. The van der Waals surface area contributed by atoms with Crippen LogP contribution in [0.1, 0.15) is 15.9 Å². The molecule has 2 rings (SSSR count). The summed E-state index contributed by atoms with van der Waals surface area (Å²) >= 11 is 0. The van der Waals surface area contributed by atoms with E-state index in [1.165, 1.54) is 31.2 Å². The summed E-state index contributed by atoms with van der Waals surface area (Å²) in [7, 11) is -4.28. The molecule has 0 atom stereocenters. The molecule has 0 spiro atoms. The van der Waals surface area contributed by atoms with Gasteiger partial charge in [-0.1, -0.05) is 0 Å². The molecule has 0 bridgehead atoms. The molecule has 9 heteroatoms. The van der Waals surface area contributed by atoms with E-state index in [1.807, 2.05) is 0 Å². The molecule has 0 heterocycles. The highest BCUT2D eigenvalue weighted by Gasteiger charge is 2.13. The maximum atomic E-state index is 11.0. The SMILES string of the molecule is Cc1cc(N=Nc2ccc(S(=O)(=O)O)cc2)cc(C(=O)O)c1O. The molecule has 0 saturated heterocycles. The van der Waals surface area contributed by atoms with E-state index in [1.54, 1.807) is 0 Å². The van der Waals surface area contributed by atoms with E-state index < -0.39 is 16.1 Å². The van der Waals surface area contributed by atoms with Crippen molar-refractivity contribution in [2.75, 3.05) is 0 Å². The molecule has 23 heavy (non-hydrogen) atoms. The largest absolute Gasteiger partial charge is 0.507 e. The highest BCUT2D eigenvalue weighted by molar-refractivity contribution is 7.85. The molecule has 0 fully saturated rings. The second kappa shape index (κ2) is 6.15. The molecule has 8 nitrogen and oxygen atoms in total. The second-order valence-electron chi connectivity index (χ2n) is 4.63. The molecule has 0 saturated carbocycles. The van der Waals surface area contributed by atoms with Crippen molar-refractivity contribution in [1.29, 1.82) is 0 Å². The number of carboxylic acid groups (broad SMARTS) is 1. The lowest BCUT2D eigenvalue weighted by atomic mass is 10.1. The summed E-state index contributed by atoms with van der Waals surface area (Å²) in [6, 6.07) is 7.61. The molecule has 0 aliphatic rings. The highest BCUT2D eigenvalue weighted by atomic mass is 32.2. The van der Waals surface area contributed by atoms with Crippen molar-refractivity contribution in [3.8, 4) is 5.75 Å². The monoisotopic (exact) mass is 336 g/mol. The topological polar surface area (TPSA) is 137 Å². The van der Waals surface area contributed by atoms with E-state index in [-0.39, 0.29) is 21.9 Å². The third-order valence-corrected chi connectivity index (χ3v) is 3.80. The summed E-state index contributed by atoms with van der Waals surface area (Å²) in [5, 5.41) is 26.3. The quantitative estimate of drug-likeness (QED) is 0.579. The molecular formula is C14H12N2O6S. The summed E-state index contributed by atoms with van der Waals surface area (Å²) in [6.07, 6.45) is 0. The Hall–Kier alpha value is -2.78. The number of aromatic hydroxyl groups is 1. The van der Waals surface area contributed by atoms with Crippen molar-refractivity contribution in [3.63, 3.8) is 0 Å². The summed E-state index contributed by atoms with van der Waals surface area (Å²) < 4.78 is 30.7. The number of phenols is 1. The molecule has 120 valence electrons. The predicted molar refractivity (Wildman–Crippen MR) is 80.2 cm³/mol. The summed E-state index contributed by atoms with van der Waals surface area (Å²) in [5.74, 6) is -1.63. The first kappa shape index (κ1) is 16.6. The van der Waals surface area contributed by atoms with Crippen molar-refractivity contribution in [1.82, 2.24) is 0 Å². The zero-order valence-electron chi connectivity index (χ0n) is 11.8. The number of azo groups is 1. The third kappa shape index (κ3) is 3.90. The molecule has 2 aromatic rings. The fraction of sp³-hybridized carbons (Fsp3) is 0.0714. The molecule has 0 aliphatic carbocycles. The van der Waals surface area contributed by atoms with Crippen molar-refractivity contribution in [2.45, 2.75) is 11.8 Å². The van der Waals surface area contributed by atoms with Gasteiger partial charge in [-0.25, -0.2) is 4.79 Å². The van der Waals surface area contributed by atoms with Gasteiger partial charge in [-0.15, -0.1) is 0 Å². The Morgan fingerprint density at radius 1 is 1.04 bits per heavy atom. The van der Waals surface area contributed by atoms with Gasteiger partial charge in [-0.05, 0) is 48.9 Å². The molecule has 0 amide bonds. The standard InChI is InChI=1S/C14H12N2O6S/c1-8-6-10(7-12(13(8)17)14(18)19)16-15-9-2-4-11(5-3-9)23(20,21)22/h2-7,17H,1H3,(H,18,19)(H,20,21,22). The molecule has 3 N–H and O–H groups in total. The fourth-order valence-corrected chi connectivity index (χ4v) is 2.26. The van der Waals surface area contributed by atoms with Crippen LogP contribution in [-0.2, 0) is 10.1 Å². The minimum atomic E-state index is -4.28. The van der Waals surface area contributed by atoms with Gasteiger partial charge < -0.3 is 10.2 Å². The summed E-state index contributed by atoms with van der Waals surface area (Å²) in [5.41, 5.74) is 0.567. The Morgan fingerprint density at radius 3 is 2.13 bits per heavy atom. The van der Waals surface area contributed by atoms with Crippen molar-refractivity contribution in [3.05, 3.63) is 47.5 Å². The van der Waals surface area contributed by atoms with E-state index in [0.717, 1.165) is 12.1 Å². The van der Waals surface area contributed by atoms with Gasteiger partial charge in [0.15, 0.2) is 0 Å². The number of hydrogen-bond donors (Lipinski definition) is 3. The number of rotatable bonds is 4. The van der Waals surface area contributed by atoms with Crippen molar-refractivity contribution in [2.24, 2.45) is 10.2 Å². The smallest absolute Gasteiger partial charge is 0.339 e. The van der Waals surface area contributed by atoms with Crippen LogP contribution in [0.5, 0.6) is 5.75 Å². The van der Waals surface area contributed by atoms with Crippen LogP contribution in [0, 0.1) is 6.92 Å². The van der Waals surface area contributed by atoms with Crippen molar-refractivity contribution >= 4 is 27.5 Å². The van der Waals surface area contributed by atoms with E-state index in [2.05, 4.69) is 10.2 Å². The minimum absolute atomic E-state index is 0.219. The Bertz CT molecular complexity index is 888. The maximum absolute atomic E-state index is 11.0. The van der Waals surface area contributed by atoms with Crippen LogP contribution in [-0.4, -0.2) is 29.2 Å². The Kier molecular flexibility index (Phi) is 4.43. The van der Waals surface area contributed by atoms with E-state index >= 15 is 0 Å². The molecule has 0 radical (unpaired) electrons. The average Bonchev–Trinajstić information content (AvgIpc) is 2.47. The van der Waals surface area contributed by atoms with Gasteiger partial charge >= 0.3 is 5.97 Å². The fourth-order valence-electron chi connectivity index (χ4n) is 1.78. The Morgan fingerprint density at radius 2 is 1.61 bits per heavy atom. The molecular weight excluding hydrogens is 324 g/mol. The number of aromatic carboxylic acids is 1. The van der Waals surface area contributed by atoms with Crippen LogP contribution in [0.2, 0.25) is 0 Å². The van der Waals surface area contributed by atoms with Crippen LogP contribution in [0.3, 0.4) is 0 Å². The lowest BCUT2D eigenvalue weighted by Crippen LogP contribution is -1.97. The van der Waals surface area contributed by atoms with E-state index in [0.29, 0.717) is 11.3 Å². The Labute approximate surface area is 131 Å². The molecule has 2 aromatic carbocycles. The van der Waals surface area contributed by atoms with E-state index in [9.17, 15) is 18.3 Å². The number of carbonyl (C=O) groups is 1. The first-order chi connectivity index (χ1) is 10.7. The van der Waals surface area contributed by atoms with Gasteiger partial charge in [0.2, 0.25) is 0 Å². The lowest BCUT2D eigenvalue weighted by Gasteiger charge is -2.04. The zero-order chi connectivity index (χ0) is 17.2. The first-order valence-corrected chi connectivity index (χ1v) is 7.68. The molecule has 0 aliphatic heterocycles. The third-order valence-electron chi connectivity index (χ3n) is 2.93. The zero-order valence-corrected chi connectivity index (χ0v) is 12.6. The van der Waals surface area contributed by atoms with Gasteiger partial charge in [-0.2, -0.15) is 18.6 Å².